The lowest BCUT2D eigenvalue weighted by Crippen LogP contribution is -2.33. The molecular formula is C22H29NO5S. The van der Waals surface area contributed by atoms with E-state index in [4.69, 9.17) is 14.2 Å². The zero-order valence-corrected chi connectivity index (χ0v) is 17.9. The molecule has 0 aromatic heterocycles. The first-order valence-corrected chi connectivity index (χ1v) is 11.5. The molecule has 7 heteroatoms. The highest BCUT2D eigenvalue weighted by Crippen LogP contribution is 2.22. The van der Waals surface area contributed by atoms with Gasteiger partial charge < -0.3 is 14.2 Å². The van der Waals surface area contributed by atoms with Crippen molar-refractivity contribution in [3.63, 3.8) is 0 Å². The number of benzene rings is 2. The van der Waals surface area contributed by atoms with Crippen LogP contribution in [0.4, 0.5) is 0 Å². The van der Waals surface area contributed by atoms with Crippen molar-refractivity contribution in [2.75, 3.05) is 26.6 Å². The van der Waals surface area contributed by atoms with Gasteiger partial charge >= 0.3 is 0 Å². The molecule has 29 heavy (non-hydrogen) atoms. The van der Waals surface area contributed by atoms with Gasteiger partial charge in [0.1, 0.15) is 11.5 Å². The molecule has 0 bridgehead atoms. The van der Waals surface area contributed by atoms with Gasteiger partial charge in [0.2, 0.25) is 10.0 Å². The number of hydrogen-bond acceptors (Lipinski definition) is 5. The molecule has 2 aromatic carbocycles. The molecule has 1 saturated heterocycles. The molecule has 0 amide bonds. The maximum atomic E-state index is 13.2. The van der Waals surface area contributed by atoms with Gasteiger partial charge in [-0.1, -0.05) is 24.3 Å². The van der Waals surface area contributed by atoms with Gasteiger partial charge in [0.15, 0.2) is 0 Å². The molecule has 2 aromatic rings. The maximum Gasteiger partial charge on any atom is 0.214 e. The van der Waals surface area contributed by atoms with E-state index in [0.717, 1.165) is 42.1 Å². The highest BCUT2D eigenvalue weighted by Gasteiger charge is 2.25. The fourth-order valence-electron chi connectivity index (χ4n) is 3.40. The summed E-state index contributed by atoms with van der Waals surface area (Å²) in [5.74, 6) is 1.58. The second-order valence-corrected chi connectivity index (χ2v) is 9.29. The summed E-state index contributed by atoms with van der Waals surface area (Å²) >= 11 is 0. The van der Waals surface area contributed by atoms with Crippen LogP contribution >= 0.6 is 0 Å². The van der Waals surface area contributed by atoms with Crippen molar-refractivity contribution in [1.82, 2.24) is 4.31 Å². The zero-order valence-electron chi connectivity index (χ0n) is 17.0. The van der Waals surface area contributed by atoms with E-state index in [0.29, 0.717) is 19.5 Å². The molecule has 1 aliphatic heterocycles. The normalized spacial score (nSPS) is 16.9. The minimum absolute atomic E-state index is 0.0496. The van der Waals surface area contributed by atoms with Gasteiger partial charge in [0, 0.05) is 19.7 Å². The Morgan fingerprint density at radius 2 is 1.45 bits per heavy atom. The Balaban J connectivity index is 1.76. The SMILES string of the molecule is COc1ccc(CN(Cc2ccc(OC)cc2)S(=O)(=O)CC[C@H]2CCCO2)cc1. The van der Waals surface area contributed by atoms with Gasteiger partial charge in [0.05, 0.1) is 26.1 Å². The molecule has 6 nitrogen and oxygen atoms in total. The second-order valence-electron chi connectivity index (χ2n) is 7.20. The Morgan fingerprint density at radius 1 is 0.931 bits per heavy atom. The number of methoxy groups -OCH3 is 2. The van der Waals surface area contributed by atoms with E-state index in [9.17, 15) is 8.42 Å². The first kappa shape index (κ1) is 21.6. The summed E-state index contributed by atoms with van der Waals surface area (Å²) in [4.78, 5) is 0. The van der Waals surface area contributed by atoms with Crippen molar-refractivity contribution in [2.24, 2.45) is 0 Å². The standard InChI is InChI=1S/C22H29NO5S/c1-26-20-9-5-18(6-10-20)16-23(17-19-7-11-21(27-2)12-8-19)29(24,25)15-13-22-4-3-14-28-22/h5-12,22H,3-4,13-17H2,1-2H3/t22-/m1/s1. The largest absolute Gasteiger partial charge is 0.497 e. The molecule has 3 rings (SSSR count). The quantitative estimate of drug-likeness (QED) is 0.589. The highest BCUT2D eigenvalue weighted by atomic mass is 32.2. The average Bonchev–Trinajstić information content (AvgIpc) is 3.27. The molecule has 1 aliphatic rings. The number of hydrogen-bond donors (Lipinski definition) is 0. The first-order chi connectivity index (χ1) is 14.0. The van der Waals surface area contributed by atoms with Gasteiger partial charge in [-0.3, -0.25) is 0 Å². The van der Waals surface area contributed by atoms with Crippen LogP contribution in [0.5, 0.6) is 11.5 Å². The van der Waals surface area contributed by atoms with Crippen LogP contribution in [0, 0.1) is 0 Å². The fourth-order valence-corrected chi connectivity index (χ4v) is 4.91. The van der Waals surface area contributed by atoms with E-state index in [2.05, 4.69) is 0 Å². The predicted octanol–water partition coefficient (Wildman–Crippen LogP) is 3.60. The molecule has 0 radical (unpaired) electrons. The lowest BCUT2D eigenvalue weighted by atomic mass is 10.2. The Labute approximate surface area is 173 Å². The van der Waals surface area contributed by atoms with Crippen LogP contribution in [0.25, 0.3) is 0 Å². The van der Waals surface area contributed by atoms with Crippen molar-refractivity contribution >= 4 is 10.0 Å². The third kappa shape index (κ3) is 6.19. The van der Waals surface area contributed by atoms with Crippen LogP contribution in [-0.2, 0) is 27.8 Å². The summed E-state index contributed by atoms with van der Waals surface area (Å²) in [6.07, 6.45) is 2.52. The highest BCUT2D eigenvalue weighted by molar-refractivity contribution is 7.89. The molecule has 1 fully saturated rings. The summed E-state index contributed by atoms with van der Waals surface area (Å²) in [6, 6.07) is 15.0. The molecule has 0 saturated carbocycles. The lowest BCUT2D eigenvalue weighted by molar-refractivity contribution is 0.108. The number of rotatable bonds is 10. The van der Waals surface area contributed by atoms with E-state index < -0.39 is 10.0 Å². The minimum atomic E-state index is -3.45. The molecular weight excluding hydrogens is 390 g/mol. The van der Waals surface area contributed by atoms with Crippen LogP contribution in [0.2, 0.25) is 0 Å². The molecule has 158 valence electrons. The molecule has 0 unspecified atom stereocenters. The van der Waals surface area contributed by atoms with Crippen molar-refractivity contribution < 1.29 is 22.6 Å². The maximum absolute atomic E-state index is 13.2. The van der Waals surface area contributed by atoms with Crippen LogP contribution in [0.3, 0.4) is 0 Å². The van der Waals surface area contributed by atoms with Crippen molar-refractivity contribution in [2.45, 2.75) is 38.5 Å². The van der Waals surface area contributed by atoms with E-state index >= 15 is 0 Å². The molecule has 0 N–H and O–H groups in total. The monoisotopic (exact) mass is 419 g/mol. The van der Waals surface area contributed by atoms with Crippen LogP contribution in [0.15, 0.2) is 48.5 Å². The molecule has 1 heterocycles. The van der Waals surface area contributed by atoms with Crippen molar-refractivity contribution in [3.05, 3.63) is 59.7 Å². The molecule has 0 spiro atoms. The van der Waals surface area contributed by atoms with Gasteiger partial charge in [-0.25, -0.2) is 8.42 Å². The zero-order chi connectivity index (χ0) is 20.7. The third-order valence-electron chi connectivity index (χ3n) is 5.15. The third-order valence-corrected chi connectivity index (χ3v) is 6.95. The van der Waals surface area contributed by atoms with Gasteiger partial charge in [0.25, 0.3) is 0 Å². The predicted molar refractivity (Wildman–Crippen MR) is 113 cm³/mol. The topological polar surface area (TPSA) is 65.1 Å². The number of nitrogens with zero attached hydrogens (tertiary/aromatic N) is 1. The van der Waals surface area contributed by atoms with Gasteiger partial charge in [-0.15, -0.1) is 0 Å². The van der Waals surface area contributed by atoms with Gasteiger partial charge in [-0.05, 0) is 54.7 Å². The summed E-state index contributed by atoms with van der Waals surface area (Å²) in [5, 5.41) is 0. The summed E-state index contributed by atoms with van der Waals surface area (Å²) in [5.41, 5.74) is 1.83. The van der Waals surface area contributed by atoms with E-state index in [1.54, 1.807) is 18.5 Å². The lowest BCUT2D eigenvalue weighted by Gasteiger charge is -2.23. The van der Waals surface area contributed by atoms with Crippen molar-refractivity contribution in [1.29, 1.82) is 0 Å². The van der Waals surface area contributed by atoms with E-state index in [1.165, 1.54) is 0 Å². The minimum Gasteiger partial charge on any atom is -0.497 e. The summed E-state index contributed by atoms with van der Waals surface area (Å²) in [7, 11) is -0.223. The number of ether oxygens (including phenoxy) is 3. The Morgan fingerprint density at radius 3 is 1.86 bits per heavy atom. The average molecular weight is 420 g/mol. The number of sulfonamides is 1. The van der Waals surface area contributed by atoms with Gasteiger partial charge in [-0.2, -0.15) is 4.31 Å². The second kappa shape index (κ2) is 10.1. The smallest absolute Gasteiger partial charge is 0.214 e. The Kier molecular flexibility index (Phi) is 7.52. The van der Waals surface area contributed by atoms with E-state index in [-0.39, 0.29) is 11.9 Å². The summed E-state index contributed by atoms with van der Waals surface area (Å²) in [6.45, 7) is 1.35. The molecule has 0 aliphatic carbocycles. The Hall–Kier alpha value is -2.09. The molecule has 1 atom stereocenters. The first-order valence-electron chi connectivity index (χ1n) is 9.85. The Bertz CT molecular complexity index is 810. The van der Waals surface area contributed by atoms with Crippen molar-refractivity contribution in [3.8, 4) is 11.5 Å². The van der Waals surface area contributed by atoms with Crippen LogP contribution < -0.4 is 9.47 Å². The fraction of sp³-hybridized carbons (Fsp3) is 0.455. The van der Waals surface area contributed by atoms with Crippen LogP contribution in [-0.4, -0.2) is 45.4 Å². The van der Waals surface area contributed by atoms with E-state index in [1.807, 2.05) is 48.5 Å². The summed E-state index contributed by atoms with van der Waals surface area (Å²) < 4.78 is 43.9. The van der Waals surface area contributed by atoms with Crippen LogP contribution in [0.1, 0.15) is 30.4 Å².